The highest BCUT2D eigenvalue weighted by atomic mass is 15.3. The van der Waals surface area contributed by atoms with Gasteiger partial charge in [0.05, 0.1) is 5.56 Å². The fourth-order valence-electron chi connectivity index (χ4n) is 1.30. The summed E-state index contributed by atoms with van der Waals surface area (Å²) in [4.78, 5) is 12.8. The standard InChI is InChI=1S/C11H15N5/c1-11(2,3)10-12-5-8(6-13-10)9-14-7-16(4)15-9/h5-7H,1-4H3. The molecular formula is C11H15N5. The molecule has 0 saturated carbocycles. The van der Waals surface area contributed by atoms with Crippen molar-refractivity contribution in [1.29, 1.82) is 0 Å². The lowest BCUT2D eigenvalue weighted by molar-refractivity contribution is 0.545. The van der Waals surface area contributed by atoms with Crippen molar-refractivity contribution >= 4 is 0 Å². The fourth-order valence-corrected chi connectivity index (χ4v) is 1.30. The lowest BCUT2D eigenvalue weighted by atomic mass is 9.96. The molecule has 0 atom stereocenters. The first-order chi connectivity index (χ1) is 7.47. The van der Waals surface area contributed by atoms with Crippen LogP contribution in [0.2, 0.25) is 0 Å². The summed E-state index contributed by atoms with van der Waals surface area (Å²) < 4.78 is 1.66. The maximum absolute atomic E-state index is 4.34. The van der Waals surface area contributed by atoms with E-state index in [0.717, 1.165) is 11.4 Å². The number of aromatic nitrogens is 5. The summed E-state index contributed by atoms with van der Waals surface area (Å²) in [6.07, 6.45) is 5.19. The Kier molecular flexibility index (Phi) is 2.46. The number of hydrogen-bond acceptors (Lipinski definition) is 4. The molecule has 2 aromatic heterocycles. The first-order valence-corrected chi connectivity index (χ1v) is 5.15. The molecule has 0 fully saturated rings. The molecule has 0 unspecified atom stereocenters. The average Bonchev–Trinajstić information content (AvgIpc) is 2.64. The summed E-state index contributed by atoms with van der Waals surface area (Å²) in [6, 6.07) is 0. The molecule has 2 heterocycles. The van der Waals surface area contributed by atoms with Crippen molar-refractivity contribution in [2.45, 2.75) is 26.2 Å². The minimum absolute atomic E-state index is 0.0317. The lowest BCUT2D eigenvalue weighted by Gasteiger charge is -2.15. The van der Waals surface area contributed by atoms with Gasteiger partial charge in [0.15, 0.2) is 5.82 Å². The van der Waals surface area contributed by atoms with Crippen molar-refractivity contribution in [1.82, 2.24) is 24.7 Å². The van der Waals surface area contributed by atoms with Crippen LogP contribution in [0.5, 0.6) is 0 Å². The van der Waals surface area contributed by atoms with Gasteiger partial charge in [0, 0.05) is 24.9 Å². The van der Waals surface area contributed by atoms with E-state index in [-0.39, 0.29) is 5.41 Å². The Bertz CT molecular complexity index is 478. The molecular weight excluding hydrogens is 202 g/mol. The summed E-state index contributed by atoms with van der Waals surface area (Å²) >= 11 is 0. The predicted molar refractivity (Wildman–Crippen MR) is 60.7 cm³/mol. The van der Waals surface area contributed by atoms with Gasteiger partial charge < -0.3 is 0 Å². The second-order valence-electron chi connectivity index (χ2n) is 4.79. The van der Waals surface area contributed by atoms with Gasteiger partial charge in [0.2, 0.25) is 0 Å². The summed E-state index contributed by atoms with van der Waals surface area (Å²) in [5.41, 5.74) is 0.810. The van der Waals surface area contributed by atoms with E-state index in [9.17, 15) is 0 Å². The fraction of sp³-hybridized carbons (Fsp3) is 0.455. The van der Waals surface area contributed by atoms with Gasteiger partial charge in [0.1, 0.15) is 12.2 Å². The van der Waals surface area contributed by atoms with E-state index in [2.05, 4.69) is 40.8 Å². The Morgan fingerprint density at radius 3 is 2.12 bits per heavy atom. The van der Waals surface area contributed by atoms with Crippen molar-refractivity contribution in [2.75, 3.05) is 0 Å². The van der Waals surface area contributed by atoms with Crippen molar-refractivity contribution < 1.29 is 0 Å². The first-order valence-electron chi connectivity index (χ1n) is 5.15. The van der Waals surface area contributed by atoms with E-state index >= 15 is 0 Å². The summed E-state index contributed by atoms with van der Waals surface area (Å²) in [5.74, 6) is 1.48. The van der Waals surface area contributed by atoms with Crippen LogP contribution >= 0.6 is 0 Å². The van der Waals surface area contributed by atoms with Gasteiger partial charge in [-0.2, -0.15) is 5.10 Å². The Morgan fingerprint density at radius 1 is 1.06 bits per heavy atom. The van der Waals surface area contributed by atoms with Crippen LogP contribution in [-0.2, 0) is 12.5 Å². The first kappa shape index (κ1) is 10.7. The number of aryl methyl sites for hydroxylation is 1. The van der Waals surface area contributed by atoms with Gasteiger partial charge in [-0.05, 0) is 0 Å². The zero-order chi connectivity index (χ0) is 11.8. The molecule has 0 aliphatic carbocycles. The Balaban J connectivity index is 2.33. The molecule has 0 radical (unpaired) electrons. The van der Waals surface area contributed by atoms with Gasteiger partial charge in [-0.1, -0.05) is 20.8 Å². The van der Waals surface area contributed by atoms with Crippen LogP contribution in [-0.4, -0.2) is 24.7 Å². The minimum atomic E-state index is -0.0317. The number of rotatable bonds is 1. The lowest BCUT2D eigenvalue weighted by Crippen LogP contribution is -2.15. The third-order valence-electron chi connectivity index (χ3n) is 2.18. The molecule has 84 valence electrons. The molecule has 2 aromatic rings. The van der Waals surface area contributed by atoms with Crippen LogP contribution < -0.4 is 0 Å². The highest BCUT2D eigenvalue weighted by Crippen LogP contribution is 2.19. The summed E-state index contributed by atoms with van der Waals surface area (Å²) in [6.45, 7) is 6.25. The van der Waals surface area contributed by atoms with E-state index < -0.39 is 0 Å². The summed E-state index contributed by atoms with van der Waals surface area (Å²) in [7, 11) is 1.83. The van der Waals surface area contributed by atoms with Crippen molar-refractivity contribution in [2.24, 2.45) is 7.05 Å². The van der Waals surface area contributed by atoms with Gasteiger partial charge in [0.25, 0.3) is 0 Å². The molecule has 0 bridgehead atoms. The van der Waals surface area contributed by atoms with E-state index in [0.29, 0.717) is 5.82 Å². The van der Waals surface area contributed by atoms with Crippen LogP contribution in [0.1, 0.15) is 26.6 Å². The van der Waals surface area contributed by atoms with Crippen LogP contribution in [0, 0.1) is 0 Å². The van der Waals surface area contributed by atoms with E-state index in [1.165, 1.54) is 0 Å². The molecule has 2 rings (SSSR count). The zero-order valence-corrected chi connectivity index (χ0v) is 9.97. The molecule has 16 heavy (non-hydrogen) atoms. The molecule has 0 aliphatic rings. The number of hydrogen-bond donors (Lipinski definition) is 0. The van der Waals surface area contributed by atoms with Crippen LogP contribution in [0.15, 0.2) is 18.7 Å². The van der Waals surface area contributed by atoms with Crippen molar-refractivity contribution in [3.63, 3.8) is 0 Å². The Labute approximate surface area is 94.6 Å². The third-order valence-corrected chi connectivity index (χ3v) is 2.18. The third kappa shape index (κ3) is 2.08. The number of nitrogens with zero attached hydrogens (tertiary/aromatic N) is 5. The van der Waals surface area contributed by atoms with Gasteiger partial charge in [-0.15, -0.1) is 0 Å². The molecule has 0 spiro atoms. The van der Waals surface area contributed by atoms with Crippen molar-refractivity contribution in [3.8, 4) is 11.4 Å². The van der Waals surface area contributed by atoms with E-state index in [4.69, 9.17) is 0 Å². The van der Waals surface area contributed by atoms with Crippen LogP contribution in [0.4, 0.5) is 0 Å². The van der Waals surface area contributed by atoms with Crippen LogP contribution in [0.3, 0.4) is 0 Å². The molecule has 0 saturated heterocycles. The van der Waals surface area contributed by atoms with Crippen LogP contribution in [0.25, 0.3) is 11.4 Å². The largest absolute Gasteiger partial charge is 0.255 e. The summed E-state index contributed by atoms with van der Waals surface area (Å²) in [5, 5.41) is 4.20. The SMILES string of the molecule is Cn1cnc(-c2cnc(C(C)(C)C)nc2)n1. The molecule has 0 amide bonds. The monoisotopic (exact) mass is 217 g/mol. The molecule has 5 nitrogen and oxygen atoms in total. The van der Waals surface area contributed by atoms with Crippen molar-refractivity contribution in [3.05, 3.63) is 24.5 Å². The Morgan fingerprint density at radius 2 is 1.69 bits per heavy atom. The highest BCUT2D eigenvalue weighted by Gasteiger charge is 2.17. The van der Waals surface area contributed by atoms with Gasteiger partial charge >= 0.3 is 0 Å². The Hall–Kier alpha value is -1.78. The maximum Gasteiger partial charge on any atom is 0.184 e. The molecule has 0 aliphatic heterocycles. The zero-order valence-electron chi connectivity index (χ0n) is 9.97. The second kappa shape index (κ2) is 3.66. The molecule has 0 N–H and O–H groups in total. The van der Waals surface area contributed by atoms with E-state index in [1.807, 2.05) is 7.05 Å². The highest BCUT2D eigenvalue weighted by molar-refractivity contribution is 5.50. The normalized spacial score (nSPS) is 11.8. The second-order valence-corrected chi connectivity index (χ2v) is 4.79. The minimum Gasteiger partial charge on any atom is -0.255 e. The average molecular weight is 217 g/mol. The molecule has 5 heteroatoms. The predicted octanol–water partition coefficient (Wildman–Crippen LogP) is 1.57. The van der Waals surface area contributed by atoms with Gasteiger partial charge in [-0.3, -0.25) is 4.68 Å². The smallest absolute Gasteiger partial charge is 0.184 e. The van der Waals surface area contributed by atoms with E-state index in [1.54, 1.807) is 23.4 Å². The molecule has 0 aromatic carbocycles. The topological polar surface area (TPSA) is 56.5 Å². The maximum atomic E-state index is 4.34. The van der Waals surface area contributed by atoms with Gasteiger partial charge in [-0.25, -0.2) is 15.0 Å². The quantitative estimate of drug-likeness (QED) is 0.727.